The molecule has 0 fully saturated rings. The normalized spacial score (nSPS) is 13.3. The van der Waals surface area contributed by atoms with Crippen LogP contribution >= 0.6 is 0 Å². The summed E-state index contributed by atoms with van der Waals surface area (Å²) in [6.07, 6.45) is 5.19. The summed E-state index contributed by atoms with van der Waals surface area (Å²) in [4.78, 5) is 32.1. The minimum atomic E-state index is -0.119. The molecule has 0 saturated heterocycles. The first kappa shape index (κ1) is 19.2. The maximum Gasteiger partial charge on any atom is 0.442 e. The van der Waals surface area contributed by atoms with Gasteiger partial charge in [-0.05, 0) is 31.2 Å². The van der Waals surface area contributed by atoms with E-state index in [9.17, 15) is 9.59 Å². The number of carbonyl (C=O) groups excluding carboxylic acids is 2. The summed E-state index contributed by atoms with van der Waals surface area (Å²) in [6, 6.07) is 11.9. The third kappa shape index (κ3) is 3.50. The van der Waals surface area contributed by atoms with Crippen LogP contribution in [-0.4, -0.2) is 40.2 Å². The van der Waals surface area contributed by atoms with Crippen LogP contribution in [0.5, 0.6) is 0 Å². The van der Waals surface area contributed by atoms with Gasteiger partial charge in [0.1, 0.15) is 5.78 Å². The maximum atomic E-state index is 13.3. The summed E-state index contributed by atoms with van der Waals surface area (Å²) in [5.41, 5.74) is 2.27. The van der Waals surface area contributed by atoms with Crippen LogP contribution in [0.4, 0.5) is 4.79 Å². The molecule has 1 aromatic carbocycles. The van der Waals surface area contributed by atoms with Crippen molar-refractivity contribution in [1.29, 1.82) is 0 Å². The van der Waals surface area contributed by atoms with Crippen LogP contribution in [0.1, 0.15) is 29.8 Å². The predicted molar refractivity (Wildman–Crippen MR) is 113 cm³/mol. The molecule has 2 N–H and O–H groups in total. The fraction of sp³-hybridized carbons (Fsp3) is 0.182. The highest BCUT2D eigenvalue weighted by atomic mass is 32.1. The Morgan fingerprint density at radius 3 is 2.76 bits per heavy atom. The number of quaternary nitrogens is 1. The number of fused-ring (bicyclic) bond motifs is 1. The maximum absolute atomic E-state index is 13.3. The molecule has 1 aliphatic rings. The van der Waals surface area contributed by atoms with Gasteiger partial charge in [-0.2, -0.15) is 0 Å². The van der Waals surface area contributed by atoms with Crippen molar-refractivity contribution < 1.29 is 19.5 Å². The largest absolute Gasteiger partial charge is 0.442 e. The average Bonchev–Trinajstić information content (AvgIpc) is 3.40. The second-order valence-corrected chi connectivity index (χ2v) is 7.57. The van der Waals surface area contributed by atoms with Gasteiger partial charge in [-0.25, -0.2) is 9.36 Å². The van der Waals surface area contributed by atoms with Crippen LogP contribution in [-0.2, 0) is 11.4 Å². The monoisotopic (exact) mass is 406 g/mol. The number of hydrogen-bond donors (Lipinski definition) is 1. The third-order valence-electron chi connectivity index (χ3n) is 5.00. The lowest BCUT2D eigenvalue weighted by Crippen LogP contribution is -2.86. The average molecular weight is 407 g/mol. The molecule has 0 aliphatic carbocycles. The van der Waals surface area contributed by atoms with Gasteiger partial charge in [-0.15, -0.1) is 24.3 Å². The minimum absolute atomic E-state index is 0.0845. The van der Waals surface area contributed by atoms with Gasteiger partial charge in [0.15, 0.2) is 16.7 Å². The summed E-state index contributed by atoms with van der Waals surface area (Å²) in [7, 11) is 0. The molecule has 148 valence electrons. The summed E-state index contributed by atoms with van der Waals surface area (Å²) in [5, 5.41) is 5.53. The number of rotatable bonds is 5. The number of Topliss-reactive ketones (excluding diaryl/α,β-unsaturated/α-hetero) is 1. The molecule has 1 amide bonds. The summed E-state index contributed by atoms with van der Waals surface area (Å²) in [5.74, 6) is -0.0845. The van der Waals surface area contributed by atoms with E-state index < -0.39 is 0 Å². The molecule has 1 aliphatic heterocycles. The molecular formula is C22H22N4O2S. The lowest BCUT2D eigenvalue weighted by atomic mass is 10.0. The Morgan fingerprint density at radius 2 is 2.03 bits per heavy atom. The van der Waals surface area contributed by atoms with Crippen molar-refractivity contribution in [2.75, 3.05) is 13.1 Å². The molecule has 0 atom stereocenters. The first-order chi connectivity index (χ1) is 14.1. The highest BCUT2D eigenvalue weighted by molar-refractivity contribution is 7.81. The van der Waals surface area contributed by atoms with Crippen LogP contribution in [0.3, 0.4) is 0 Å². The number of hydrogen-bond acceptors (Lipinski definition) is 3. The molecule has 6 nitrogen and oxygen atoms in total. The van der Waals surface area contributed by atoms with Gasteiger partial charge in [0, 0.05) is 6.20 Å². The molecule has 0 unspecified atom stereocenters. The van der Waals surface area contributed by atoms with Gasteiger partial charge >= 0.3 is 6.03 Å². The molecule has 0 spiro atoms. The van der Waals surface area contributed by atoms with Crippen LogP contribution in [0, 0.1) is 11.4 Å². The van der Waals surface area contributed by atoms with Crippen molar-refractivity contribution in [3.8, 4) is 0 Å². The van der Waals surface area contributed by atoms with Crippen molar-refractivity contribution in [2.24, 2.45) is 0 Å². The SMILES string of the molecule is CCN(CC)C(=O)[n+]1cc(C(=O)[C-]2C=[S+][C-](c3cccnc3)[NH2+]2)c2cccc[c-]21. The van der Waals surface area contributed by atoms with E-state index in [1.807, 2.05) is 60.9 Å². The van der Waals surface area contributed by atoms with E-state index in [2.05, 4.69) is 4.98 Å². The van der Waals surface area contributed by atoms with Crippen molar-refractivity contribution in [2.45, 2.75) is 13.8 Å². The van der Waals surface area contributed by atoms with E-state index in [1.165, 1.54) is 11.4 Å². The lowest BCUT2D eigenvalue weighted by Gasteiger charge is -2.13. The zero-order valence-corrected chi connectivity index (χ0v) is 17.1. The highest BCUT2D eigenvalue weighted by Crippen LogP contribution is 2.21. The predicted octanol–water partition coefficient (Wildman–Crippen LogP) is 1.27. The van der Waals surface area contributed by atoms with Gasteiger partial charge in [-0.3, -0.25) is 4.90 Å². The van der Waals surface area contributed by atoms with Gasteiger partial charge in [-0.1, -0.05) is 23.7 Å². The first-order valence-corrected chi connectivity index (χ1v) is 10.4. The second-order valence-electron chi connectivity index (χ2n) is 6.66. The number of ketones is 1. The van der Waals surface area contributed by atoms with E-state index >= 15 is 0 Å². The molecule has 2 aromatic heterocycles. The molecule has 29 heavy (non-hydrogen) atoms. The fourth-order valence-electron chi connectivity index (χ4n) is 3.44. The Labute approximate surface area is 173 Å². The molecule has 0 radical (unpaired) electrons. The fourth-order valence-corrected chi connectivity index (χ4v) is 4.32. The van der Waals surface area contributed by atoms with Crippen LogP contribution in [0.15, 0.2) is 55.0 Å². The van der Waals surface area contributed by atoms with Crippen molar-refractivity contribution in [3.63, 3.8) is 0 Å². The number of nitrogens with two attached hydrogens (primary N) is 1. The number of carbonyl (C=O) groups is 2. The smallest absolute Gasteiger partial charge is 0.345 e. The minimum Gasteiger partial charge on any atom is -0.345 e. The number of amides is 1. The standard InChI is InChI=1S/C22H22N4O2S/c1-3-25(4-2)22(28)26-13-17(16-9-5-6-10-19(16)26)20(27)18-14-29-21(24-18)15-8-7-11-23-12-15/h5-14H,3-4,24H2,1-2H3. The number of aromatic nitrogens is 2. The zero-order chi connectivity index (χ0) is 20.4. The number of benzene rings is 1. The highest BCUT2D eigenvalue weighted by Gasteiger charge is 2.33. The van der Waals surface area contributed by atoms with E-state index in [0.717, 1.165) is 21.8 Å². The molecule has 3 aromatic rings. The van der Waals surface area contributed by atoms with E-state index in [-0.39, 0.29) is 11.8 Å². The van der Waals surface area contributed by atoms with Gasteiger partial charge in [0.2, 0.25) is 0 Å². The lowest BCUT2D eigenvalue weighted by molar-refractivity contribution is -0.580. The van der Waals surface area contributed by atoms with Gasteiger partial charge in [0.25, 0.3) is 5.37 Å². The Balaban J connectivity index is 1.65. The number of para-hydroxylation sites is 1. The van der Waals surface area contributed by atoms with Crippen LogP contribution in [0.2, 0.25) is 0 Å². The van der Waals surface area contributed by atoms with Gasteiger partial charge < -0.3 is 15.1 Å². The molecular weight excluding hydrogens is 384 g/mol. The number of pyridine rings is 1. The van der Waals surface area contributed by atoms with E-state index in [0.29, 0.717) is 24.7 Å². The first-order valence-electron chi connectivity index (χ1n) is 9.57. The van der Waals surface area contributed by atoms with Gasteiger partial charge in [0.05, 0.1) is 24.6 Å². The van der Waals surface area contributed by atoms with Crippen molar-refractivity contribution in [1.82, 2.24) is 9.88 Å². The number of nitrogens with zero attached hydrogens (tertiary/aromatic N) is 3. The van der Waals surface area contributed by atoms with Crippen molar-refractivity contribution in [3.05, 3.63) is 77.5 Å². The Hall–Kier alpha value is -3.16. The third-order valence-corrected chi connectivity index (χ3v) is 5.98. The van der Waals surface area contributed by atoms with Crippen LogP contribution < -0.4 is 9.88 Å². The van der Waals surface area contributed by atoms with Crippen molar-refractivity contribution >= 4 is 39.4 Å². The molecule has 4 rings (SSSR count). The molecule has 0 saturated carbocycles. The Kier molecular flexibility index (Phi) is 5.33. The molecule has 0 bridgehead atoms. The van der Waals surface area contributed by atoms with E-state index in [4.69, 9.17) is 0 Å². The zero-order valence-electron chi connectivity index (χ0n) is 16.3. The van der Waals surface area contributed by atoms with E-state index in [1.54, 1.807) is 28.1 Å². The van der Waals surface area contributed by atoms with Crippen LogP contribution in [0.25, 0.3) is 10.9 Å². The molecule has 3 heterocycles. The quantitative estimate of drug-likeness (QED) is 0.228. The summed E-state index contributed by atoms with van der Waals surface area (Å²) in [6.45, 7) is 5.13. The second kappa shape index (κ2) is 8.06. The summed E-state index contributed by atoms with van der Waals surface area (Å²) >= 11 is 1.51. The summed E-state index contributed by atoms with van der Waals surface area (Å²) < 4.78 is 1.59. The Bertz CT molecular complexity index is 1070. The molecule has 7 heteroatoms. The topological polar surface area (TPSA) is 70.8 Å². The Morgan fingerprint density at radius 1 is 1.21 bits per heavy atom.